The van der Waals surface area contributed by atoms with Crippen molar-refractivity contribution in [3.8, 4) is 11.8 Å². The maximum atomic E-state index is 11.9. The Morgan fingerprint density at radius 3 is 2.63 bits per heavy atom. The molecular weight excluding hydrogens is 236 g/mol. The van der Waals surface area contributed by atoms with Gasteiger partial charge in [0.1, 0.15) is 0 Å². The number of carbonyl (C=O) groups excluding carboxylic acids is 1. The first kappa shape index (κ1) is 15.3. The lowest BCUT2D eigenvalue weighted by molar-refractivity contribution is -0.125. The summed E-state index contributed by atoms with van der Waals surface area (Å²) in [7, 11) is 0. The van der Waals surface area contributed by atoms with Crippen LogP contribution < -0.4 is 11.1 Å². The first-order valence-electron chi connectivity index (χ1n) is 6.60. The maximum Gasteiger partial charge on any atom is 0.223 e. The molecule has 1 aromatic rings. The van der Waals surface area contributed by atoms with Crippen molar-refractivity contribution in [1.29, 1.82) is 0 Å². The molecule has 1 atom stereocenters. The van der Waals surface area contributed by atoms with E-state index in [4.69, 9.17) is 5.73 Å². The Labute approximate surface area is 115 Å². The van der Waals surface area contributed by atoms with Gasteiger partial charge in [0.2, 0.25) is 5.91 Å². The topological polar surface area (TPSA) is 55.1 Å². The number of hydrogen-bond donors (Lipinski definition) is 2. The number of hydrogen-bond acceptors (Lipinski definition) is 2. The number of amides is 1. The van der Waals surface area contributed by atoms with Crippen molar-refractivity contribution in [2.24, 2.45) is 17.6 Å². The summed E-state index contributed by atoms with van der Waals surface area (Å²) in [5.74, 6) is 6.30. The van der Waals surface area contributed by atoms with Crippen molar-refractivity contribution in [2.45, 2.75) is 27.3 Å². The first-order valence-corrected chi connectivity index (χ1v) is 6.60. The fourth-order valence-corrected chi connectivity index (χ4v) is 1.59. The predicted molar refractivity (Wildman–Crippen MR) is 78.2 cm³/mol. The van der Waals surface area contributed by atoms with Gasteiger partial charge >= 0.3 is 0 Å². The Kier molecular flexibility index (Phi) is 6.11. The molecule has 0 aliphatic rings. The van der Waals surface area contributed by atoms with Crippen LogP contribution in [0.5, 0.6) is 0 Å². The van der Waals surface area contributed by atoms with Gasteiger partial charge < -0.3 is 11.1 Å². The number of rotatable bonds is 4. The molecule has 0 bridgehead atoms. The SMILES string of the molecule is CC(C)C(C)C(=O)NCc1ccccc1C#CCN. The summed E-state index contributed by atoms with van der Waals surface area (Å²) in [6.07, 6.45) is 0. The smallest absolute Gasteiger partial charge is 0.223 e. The van der Waals surface area contributed by atoms with Crippen LogP contribution in [-0.4, -0.2) is 12.5 Å². The molecule has 1 rings (SSSR count). The zero-order valence-corrected chi connectivity index (χ0v) is 11.9. The van der Waals surface area contributed by atoms with E-state index in [1.165, 1.54) is 0 Å². The second-order valence-corrected chi connectivity index (χ2v) is 4.91. The largest absolute Gasteiger partial charge is 0.352 e. The average molecular weight is 258 g/mol. The van der Waals surface area contributed by atoms with Crippen LogP contribution in [0.25, 0.3) is 0 Å². The fraction of sp³-hybridized carbons (Fsp3) is 0.438. The fourth-order valence-electron chi connectivity index (χ4n) is 1.59. The Hall–Kier alpha value is -1.79. The number of carbonyl (C=O) groups is 1. The zero-order chi connectivity index (χ0) is 14.3. The molecule has 1 amide bonds. The van der Waals surface area contributed by atoms with E-state index in [1.54, 1.807) is 0 Å². The molecule has 19 heavy (non-hydrogen) atoms. The molecule has 1 aromatic carbocycles. The molecular formula is C16H22N2O. The first-order chi connectivity index (χ1) is 9.06. The molecule has 0 saturated heterocycles. The molecule has 0 aliphatic carbocycles. The minimum absolute atomic E-state index is 0.0160. The maximum absolute atomic E-state index is 11.9. The van der Waals surface area contributed by atoms with Crippen LogP contribution in [0.1, 0.15) is 31.9 Å². The highest BCUT2D eigenvalue weighted by molar-refractivity contribution is 5.78. The van der Waals surface area contributed by atoms with Crippen LogP contribution in [-0.2, 0) is 11.3 Å². The summed E-state index contributed by atoms with van der Waals surface area (Å²) in [6.45, 7) is 6.88. The van der Waals surface area contributed by atoms with Crippen LogP contribution in [0.3, 0.4) is 0 Å². The summed E-state index contributed by atoms with van der Waals surface area (Å²) in [6, 6.07) is 7.79. The second kappa shape index (κ2) is 7.60. The van der Waals surface area contributed by atoms with Gasteiger partial charge in [-0.2, -0.15) is 0 Å². The molecule has 0 spiro atoms. The molecule has 0 aromatic heterocycles. The summed E-state index contributed by atoms with van der Waals surface area (Å²) < 4.78 is 0. The highest BCUT2D eigenvalue weighted by Gasteiger charge is 2.16. The number of benzene rings is 1. The van der Waals surface area contributed by atoms with Crippen molar-refractivity contribution in [3.05, 3.63) is 35.4 Å². The molecule has 0 heterocycles. The normalized spacial score (nSPS) is 11.6. The van der Waals surface area contributed by atoms with Crippen molar-refractivity contribution >= 4 is 5.91 Å². The highest BCUT2D eigenvalue weighted by Crippen LogP contribution is 2.11. The van der Waals surface area contributed by atoms with Gasteiger partial charge in [-0.15, -0.1) is 0 Å². The quantitative estimate of drug-likeness (QED) is 0.811. The summed E-state index contributed by atoms with van der Waals surface area (Å²) in [5.41, 5.74) is 7.32. The lowest BCUT2D eigenvalue weighted by Gasteiger charge is -2.15. The Morgan fingerprint density at radius 1 is 1.32 bits per heavy atom. The minimum Gasteiger partial charge on any atom is -0.352 e. The standard InChI is InChI=1S/C16H22N2O/c1-12(2)13(3)16(19)18-11-15-8-5-4-7-14(15)9-6-10-17/h4-5,7-8,12-13H,10-11,17H2,1-3H3,(H,18,19). The van der Waals surface area contributed by atoms with Gasteiger partial charge in [-0.25, -0.2) is 0 Å². The predicted octanol–water partition coefficient (Wildman–Crippen LogP) is 1.91. The number of nitrogens with one attached hydrogen (secondary N) is 1. The molecule has 0 saturated carbocycles. The molecule has 0 fully saturated rings. The van der Waals surface area contributed by atoms with Gasteiger partial charge in [-0.05, 0) is 17.5 Å². The third-order valence-corrected chi connectivity index (χ3v) is 3.21. The molecule has 102 valence electrons. The van der Waals surface area contributed by atoms with Crippen LogP contribution >= 0.6 is 0 Å². The summed E-state index contributed by atoms with van der Waals surface area (Å²) >= 11 is 0. The van der Waals surface area contributed by atoms with Gasteiger partial charge in [0.05, 0.1) is 6.54 Å². The Bertz CT molecular complexity index is 483. The van der Waals surface area contributed by atoms with Crippen molar-refractivity contribution in [1.82, 2.24) is 5.32 Å². The lowest BCUT2D eigenvalue weighted by Crippen LogP contribution is -2.31. The lowest BCUT2D eigenvalue weighted by atomic mass is 9.97. The van der Waals surface area contributed by atoms with Gasteiger partial charge in [0.25, 0.3) is 0 Å². The van der Waals surface area contributed by atoms with E-state index < -0.39 is 0 Å². The second-order valence-electron chi connectivity index (χ2n) is 4.91. The number of nitrogens with two attached hydrogens (primary N) is 1. The highest BCUT2D eigenvalue weighted by atomic mass is 16.1. The van der Waals surface area contributed by atoms with Crippen molar-refractivity contribution < 1.29 is 4.79 Å². The van der Waals surface area contributed by atoms with Crippen LogP contribution in [0.15, 0.2) is 24.3 Å². The zero-order valence-electron chi connectivity index (χ0n) is 11.9. The third-order valence-electron chi connectivity index (χ3n) is 3.21. The molecule has 3 N–H and O–H groups in total. The summed E-state index contributed by atoms with van der Waals surface area (Å²) in [5, 5.41) is 2.96. The van der Waals surface area contributed by atoms with Crippen molar-refractivity contribution in [3.63, 3.8) is 0 Å². The van der Waals surface area contributed by atoms with E-state index in [-0.39, 0.29) is 11.8 Å². The van der Waals surface area contributed by atoms with E-state index in [2.05, 4.69) is 17.2 Å². The molecule has 3 heteroatoms. The third kappa shape index (κ3) is 4.76. The van der Waals surface area contributed by atoms with Gasteiger partial charge in [0.15, 0.2) is 0 Å². The Morgan fingerprint density at radius 2 is 2.00 bits per heavy atom. The monoisotopic (exact) mass is 258 g/mol. The van der Waals surface area contributed by atoms with Crippen LogP contribution in [0.2, 0.25) is 0 Å². The van der Waals surface area contributed by atoms with E-state index in [0.29, 0.717) is 19.0 Å². The average Bonchev–Trinajstić information content (AvgIpc) is 2.42. The Balaban J connectivity index is 2.70. The molecule has 1 unspecified atom stereocenters. The van der Waals surface area contributed by atoms with Crippen molar-refractivity contribution in [2.75, 3.05) is 6.54 Å². The minimum atomic E-state index is 0.0160. The summed E-state index contributed by atoms with van der Waals surface area (Å²) in [4.78, 5) is 11.9. The van der Waals surface area contributed by atoms with E-state index in [0.717, 1.165) is 11.1 Å². The van der Waals surface area contributed by atoms with E-state index in [9.17, 15) is 4.79 Å². The molecule has 0 aliphatic heterocycles. The molecule has 3 nitrogen and oxygen atoms in total. The van der Waals surface area contributed by atoms with E-state index in [1.807, 2.05) is 45.0 Å². The van der Waals surface area contributed by atoms with Gasteiger partial charge in [0, 0.05) is 18.0 Å². The van der Waals surface area contributed by atoms with Crippen LogP contribution in [0, 0.1) is 23.7 Å². The van der Waals surface area contributed by atoms with E-state index >= 15 is 0 Å². The van der Waals surface area contributed by atoms with Crippen LogP contribution in [0.4, 0.5) is 0 Å². The van der Waals surface area contributed by atoms with Gasteiger partial charge in [-0.3, -0.25) is 4.79 Å². The molecule has 0 radical (unpaired) electrons. The van der Waals surface area contributed by atoms with Gasteiger partial charge in [-0.1, -0.05) is 50.8 Å².